The molecule has 0 spiro atoms. The van der Waals surface area contributed by atoms with Crippen molar-refractivity contribution in [3.05, 3.63) is 40.4 Å². The Balaban J connectivity index is 2.14. The zero-order chi connectivity index (χ0) is 12.9. The van der Waals surface area contributed by atoms with Crippen LogP contribution >= 0.6 is 11.6 Å². The Morgan fingerprint density at radius 2 is 2.28 bits per heavy atom. The van der Waals surface area contributed by atoms with E-state index in [1.54, 1.807) is 0 Å². The number of carbonyl (C=O) groups is 1. The smallest absolute Gasteiger partial charge is 0.0698 e. The summed E-state index contributed by atoms with van der Waals surface area (Å²) in [4.78, 5) is 11.3. The van der Waals surface area contributed by atoms with Crippen molar-refractivity contribution in [3.8, 4) is 0 Å². The number of rotatable bonds is 1. The maximum absolute atomic E-state index is 11.3. The van der Waals surface area contributed by atoms with Crippen LogP contribution in [-0.2, 0) is 4.79 Å². The van der Waals surface area contributed by atoms with Crippen molar-refractivity contribution in [2.24, 2.45) is 5.92 Å². The molecule has 1 aromatic rings. The van der Waals surface area contributed by atoms with Gasteiger partial charge in [-0.3, -0.25) is 0 Å². The van der Waals surface area contributed by atoms with Crippen molar-refractivity contribution in [2.45, 2.75) is 25.3 Å². The summed E-state index contributed by atoms with van der Waals surface area (Å²) >= 11 is 6.09. The number of hydrogen-bond acceptors (Lipinski definition) is 3. The highest BCUT2D eigenvalue weighted by atomic mass is 35.5. The number of aliphatic carboxylic acids is 1. The zero-order valence-electron chi connectivity index (χ0n) is 9.94. The Hall–Kier alpha value is -1.48. The first-order chi connectivity index (χ1) is 8.59. The molecule has 3 rings (SSSR count). The number of benzene rings is 1. The number of anilines is 1. The second-order valence-corrected chi connectivity index (χ2v) is 5.34. The molecule has 3 atom stereocenters. The lowest BCUT2D eigenvalue weighted by molar-refractivity contribution is -0.308. The van der Waals surface area contributed by atoms with Crippen molar-refractivity contribution in [1.82, 2.24) is 0 Å². The third kappa shape index (κ3) is 1.54. The number of fused-ring (bicyclic) bond motifs is 3. The van der Waals surface area contributed by atoms with Gasteiger partial charge in [0.25, 0.3) is 0 Å². The molecule has 18 heavy (non-hydrogen) atoms. The molecule has 4 heteroatoms. The maximum atomic E-state index is 11.3. The standard InChI is InChI=1S/C14H14ClNO2/c1-7-11(15)6-5-10-8-3-2-4-9(8)13(14(17)18)16-12(7)10/h2-3,5-6,8-9,13,16H,4H2,1H3,(H,17,18)/p-1/t8-,9-,13+/m1/s1. The van der Waals surface area contributed by atoms with E-state index in [0.717, 1.165) is 23.2 Å². The van der Waals surface area contributed by atoms with Gasteiger partial charge in [-0.25, -0.2) is 0 Å². The van der Waals surface area contributed by atoms with Gasteiger partial charge < -0.3 is 15.2 Å². The fourth-order valence-electron chi connectivity index (χ4n) is 3.02. The van der Waals surface area contributed by atoms with Crippen molar-refractivity contribution in [3.63, 3.8) is 0 Å². The van der Waals surface area contributed by atoms with E-state index in [0.29, 0.717) is 5.02 Å². The van der Waals surface area contributed by atoms with Crippen LogP contribution in [0.2, 0.25) is 5.02 Å². The minimum absolute atomic E-state index is 0.0445. The molecule has 0 aromatic heterocycles. The predicted octanol–water partition coefficient (Wildman–Crippen LogP) is 1.85. The largest absolute Gasteiger partial charge is 0.548 e. The molecule has 3 nitrogen and oxygen atoms in total. The Morgan fingerprint density at radius 1 is 1.50 bits per heavy atom. The molecule has 0 saturated heterocycles. The van der Waals surface area contributed by atoms with Crippen LogP contribution in [0.25, 0.3) is 0 Å². The van der Waals surface area contributed by atoms with E-state index in [1.165, 1.54) is 0 Å². The lowest BCUT2D eigenvalue weighted by Crippen LogP contribution is -2.49. The number of halogens is 1. The van der Waals surface area contributed by atoms with Crippen LogP contribution < -0.4 is 10.4 Å². The van der Waals surface area contributed by atoms with Gasteiger partial charge in [-0.05, 0) is 36.5 Å². The van der Waals surface area contributed by atoms with Crippen LogP contribution in [0.5, 0.6) is 0 Å². The number of allylic oxidation sites excluding steroid dienone is 2. The lowest BCUT2D eigenvalue weighted by atomic mass is 9.78. The van der Waals surface area contributed by atoms with Gasteiger partial charge in [0.15, 0.2) is 0 Å². The molecule has 2 aliphatic rings. The highest BCUT2D eigenvalue weighted by molar-refractivity contribution is 6.31. The molecule has 0 saturated carbocycles. The zero-order valence-corrected chi connectivity index (χ0v) is 10.7. The summed E-state index contributed by atoms with van der Waals surface area (Å²) in [5.74, 6) is -0.845. The highest BCUT2D eigenvalue weighted by Gasteiger charge is 2.38. The molecule has 0 amide bonds. The van der Waals surface area contributed by atoms with Crippen molar-refractivity contribution < 1.29 is 9.90 Å². The summed E-state index contributed by atoms with van der Waals surface area (Å²) in [6.07, 6.45) is 4.91. The van der Waals surface area contributed by atoms with Crippen LogP contribution in [0.15, 0.2) is 24.3 Å². The summed E-state index contributed by atoms with van der Waals surface area (Å²) in [7, 11) is 0. The average Bonchev–Trinajstić information content (AvgIpc) is 2.81. The van der Waals surface area contributed by atoms with Crippen LogP contribution in [-0.4, -0.2) is 12.0 Å². The van der Waals surface area contributed by atoms with Crippen LogP contribution in [0.3, 0.4) is 0 Å². The monoisotopic (exact) mass is 262 g/mol. The highest BCUT2D eigenvalue weighted by Crippen LogP contribution is 2.46. The molecule has 0 radical (unpaired) electrons. The molecule has 1 heterocycles. The molecule has 94 valence electrons. The first-order valence-electron chi connectivity index (χ1n) is 6.02. The van der Waals surface area contributed by atoms with Gasteiger partial charge in [0, 0.05) is 16.6 Å². The number of carboxylic acids is 1. The van der Waals surface area contributed by atoms with Gasteiger partial charge in [0.05, 0.1) is 12.0 Å². The van der Waals surface area contributed by atoms with Gasteiger partial charge in [0.1, 0.15) is 0 Å². The summed E-state index contributed by atoms with van der Waals surface area (Å²) in [6, 6.07) is 3.21. The first-order valence-corrected chi connectivity index (χ1v) is 6.40. The molecule has 0 unspecified atom stereocenters. The Labute approximate surface area is 110 Å². The van der Waals surface area contributed by atoms with Crippen molar-refractivity contribution in [2.75, 3.05) is 5.32 Å². The minimum atomic E-state index is -1.04. The minimum Gasteiger partial charge on any atom is -0.548 e. The molecule has 1 aliphatic carbocycles. The summed E-state index contributed by atoms with van der Waals surface area (Å²) in [5, 5.41) is 15.0. The second kappa shape index (κ2) is 4.02. The topological polar surface area (TPSA) is 52.2 Å². The molecule has 0 fully saturated rings. The summed E-state index contributed by atoms with van der Waals surface area (Å²) in [6.45, 7) is 1.90. The maximum Gasteiger partial charge on any atom is 0.0698 e. The number of carbonyl (C=O) groups excluding carboxylic acids is 1. The molecular formula is C14H13ClNO2-. The third-order valence-corrected chi connectivity index (χ3v) is 4.39. The molecule has 1 N–H and O–H groups in total. The Kier molecular flexibility index (Phi) is 2.59. The van der Waals surface area contributed by atoms with Gasteiger partial charge in [0.2, 0.25) is 0 Å². The number of hydrogen-bond donors (Lipinski definition) is 1. The first kappa shape index (κ1) is 11.6. The SMILES string of the molecule is Cc1c(Cl)ccc2c1N[C@H](C(=O)[O-])[C@@H]1CC=C[C@@H]21. The Morgan fingerprint density at radius 3 is 3.00 bits per heavy atom. The molecule has 0 bridgehead atoms. The number of carboxylic acid groups (broad SMARTS) is 1. The van der Waals surface area contributed by atoms with E-state index in [2.05, 4.69) is 11.4 Å². The quantitative estimate of drug-likeness (QED) is 0.786. The third-order valence-electron chi connectivity index (χ3n) is 3.99. The lowest BCUT2D eigenvalue weighted by Gasteiger charge is -2.38. The van der Waals surface area contributed by atoms with Crippen LogP contribution in [0, 0.1) is 12.8 Å². The van der Waals surface area contributed by atoms with Crippen molar-refractivity contribution in [1.29, 1.82) is 0 Å². The van der Waals surface area contributed by atoms with Gasteiger partial charge in [-0.2, -0.15) is 0 Å². The normalized spacial score (nSPS) is 28.4. The van der Waals surface area contributed by atoms with Crippen LogP contribution in [0.4, 0.5) is 5.69 Å². The van der Waals surface area contributed by atoms with Gasteiger partial charge in [-0.15, -0.1) is 0 Å². The van der Waals surface area contributed by atoms with Crippen molar-refractivity contribution >= 4 is 23.3 Å². The van der Waals surface area contributed by atoms with E-state index in [-0.39, 0.29) is 11.8 Å². The van der Waals surface area contributed by atoms with Gasteiger partial charge >= 0.3 is 0 Å². The van der Waals surface area contributed by atoms with E-state index >= 15 is 0 Å². The number of nitrogens with one attached hydrogen (secondary N) is 1. The molecular weight excluding hydrogens is 250 g/mol. The predicted molar refractivity (Wildman–Crippen MR) is 68.6 cm³/mol. The van der Waals surface area contributed by atoms with E-state index in [1.807, 2.05) is 25.1 Å². The van der Waals surface area contributed by atoms with Gasteiger partial charge in [-0.1, -0.05) is 29.8 Å². The van der Waals surface area contributed by atoms with Crippen LogP contribution in [0.1, 0.15) is 23.5 Å². The summed E-state index contributed by atoms with van der Waals surface area (Å²) < 4.78 is 0. The van der Waals surface area contributed by atoms with E-state index < -0.39 is 12.0 Å². The summed E-state index contributed by atoms with van der Waals surface area (Å²) in [5.41, 5.74) is 2.89. The fraction of sp³-hybridized carbons (Fsp3) is 0.357. The second-order valence-electron chi connectivity index (χ2n) is 4.93. The Bertz CT molecular complexity index is 553. The fourth-order valence-corrected chi connectivity index (χ4v) is 3.18. The van der Waals surface area contributed by atoms with E-state index in [4.69, 9.17) is 11.6 Å². The van der Waals surface area contributed by atoms with E-state index in [9.17, 15) is 9.90 Å². The molecule has 1 aliphatic heterocycles. The molecule has 1 aromatic carbocycles. The average molecular weight is 263 g/mol.